The molecule has 1 heterocycles. The topological polar surface area (TPSA) is 46.6 Å². The quantitative estimate of drug-likeness (QED) is 0.475. The SMILES string of the molecule is CCOC(=O)C1CCCN(C(=O)/C=C/Sc2ccccc2)C1. The fraction of sp³-hybridized carbons (Fsp3) is 0.412. The zero-order chi connectivity index (χ0) is 15.8. The maximum absolute atomic E-state index is 12.2. The molecule has 1 aromatic carbocycles. The normalized spacial score (nSPS) is 18.4. The molecule has 1 atom stereocenters. The molecule has 5 heteroatoms. The monoisotopic (exact) mass is 319 g/mol. The van der Waals surface area contributed by atoms with Crippen molar-refractivity contribution in [2.24, 2.45) is 5.92 Å². The van der Waals surface area contributed by atoms with Crippen LogP contribution < -0.4 is 0 Å². The summed E-state index contributed by atoms with van der Waals surface area (Å²) in [7, 11) is 0. The minimum absolute atomic E-state index is 0.0440. The van der Waals surface area contributed by atoms with E-state index in [9.17, 15) is 9.59 Å². The summed E-state index contributed by atoms with van der Waals surface area (Å²) < 4.78 is 5.05. The first-order valence-corrected chi connectivity index (χ1v) is 8.42. The van der Waals surface area contributed by atoms with Gasteiger partial charge < -0.3 is 9.64 Å². The number of nitrogens with zero attached hydrogens (tertiary/aromatic N) is 1. The molecule has 1 aliphatic heterocycles. The van der Waals surface area contributed by atoms with Gasteiger partial charge >= 0.3 is 5.97 Å². The number of carbonyl (C=O) groups is 2. The number of likely N-dealkylation sites (tertiary alicyclic amines) is 1. The molecule has 22 heavy (non-hydrogen) atoms. The first kappa shape index (κ1) is 16.6. The zero-order valence-electron chi connectivity index (χ0n) is 12.7. The molecule has 1 fully saturated rings. The van der Waals surface area contributed by atoms with Crippen LogP contribution in [-0.4, -0.2) is 36.5 Å². The first-order chi connectivity index (χ1) is 10.7. The molecule has 118 valence electrons. The van der Waals surface area contributed by atoms with Crippen LogP contribution in [0.2, 0.25) is 0 Å². The van der Waals surface area contributed by atoms with E-state index < -0.39 is 0 Å². The van der Waals surface area contributed by atoms with Gasteiger partial charge in [-0.25, -0.2) is 0 Å². The summed E-state index contributed by atoms with van der Waals surface area (Å²) in [5.74, 6) is -0.423. The first-order valence-electron chi connectivity index (χ1n) is 7.54. The van der Waals surface area contributed by atoms with Gasteiger partial charge in [0, 0.05) is 24.1 Å². The highest BCUT2D eigenvalue weighted by molar-refractivity contribution is 8.02. The molecule has 0 aliphatic carbocycles. The van der Waals surface area contributed by atoms with Crippen LogP contribution in [0.25, 0.3) is 0 Å². The van der Waals surface area contributed by atoms with Gasteiger partial charge in [-0.2, -0.15) is 0 Å². The van der Waals surface area contributed by atoms with Crippen molar-refractivity contribution < 1.29 is 14.3 Å². The zero-order valence-corrected chi connectivity index (χ0v) is 13.6. The average molecular weight is 319 g/mol. The maximum atomic E-state index is 12.2. The van der Waals surface area contributed by atoms with Gasteiger partial charge in [-0.1, -0.05) is 30.0 Å². The van der Waals surface area contributed by atoms with Crippen molar-refractivity contribution in [3.05, 3.63) is 41.8 Å². The van der Waals surface area contributed by atoms with E-state index in [2.05, 4.69) is 0 Å². The van der Waals surface area contributed by atoms with Gasteiger partial charge in [0.2, 0.25) is 5.91 Å². The van der Waals surface area contributed by atoms with Gasteiger partial charge in [-0.05, 0) is 37.3 Å². The van der Waals surface area contributed by atoms with E-state index >= 15 is 0 Å². The number of amides is 1. The Morgan fingerprint density at radius 3 is 2.86 bits per heavy atom. The average Bonchev–Trinajstić information content (AvgIpc) is 2.56. The molecule has 0 radical (unpaired) electrons. The highest BCUT2D eigenvalue weighted by Crippen LogP contribution is 2.20. The van der Waals surface area contributed by atoms with Crippen LogP contribution in [0.15, 0.2) is 46.7 Å². The highest BCUT2D eigenvalue weighted by atomic mass is 32.2. The van der Waals surface area contributed by atoms with Gasteiger partial charge in [0.15, 0.2) is 0 Å². The lowest BCUT2D eigenvalue weighted by Gasteiger charge is -2.30. The molecule has 0 aromatic heterocycles. The van der Waals surface area contributed by atoms with Crippen molar-refractivity contribution in [3.8, 4) is 0 Å². The van der Waals surface area contributed by atoms with E-state index in [0.29, 0.717) is 19.7 Å². The molecular weight excluding hydrogens is 298 g/mol. The number of hydrogen-bond donors (Lipinski definition) is 0. The van der Waals surface area contributed by atoms with E-state index in [4.69, 9.17) is 4.74 Å². The molecule has 0 N–H and O–H groups in total. The summed E-state index contributed by atoms with van der Waals surface area (Å²) in [6.07, 6.45) is 3.21. The van der Waals surface area contributed by atoms with Crippen LogP contribution in [0.4, 0.5) is 0 Å². The molecular formula is C17H21NO3S. The van der Waals surface area contributed by atoms with Crippen molar-refractivity contribution in [2.75, 3.05) is 19.7 Å². The van der Waals surface area contributed by atoms with Crippen LogP contribution in [-0.2, 0) is 14.3 Å². The second kappa shape index (κ2) is 8.63. The van der Waals surface area contributed by atoms with Crippen molar-refractivity contribution in [1.82, 2.24) is 4.90 Å². The minimum atomic E-state index is -0.192. The molecule has 2 rings (SSSR count). The Morgan fingerprint density at radius 2 is 2.14 bits per heavy atom. The predicted molar refractivity (Wildman–Crippen MR) is 87.4 cm³/mol. The number of hydrogen-bond acceptors (Lipinski definition) is 4. The Hall–Kier alpha value is -1.75. The van der Waals surface area contributed by atoms with Gasteiger partial charge in [0.25, 0.3) is 0 Å². The summed E-state index contributed by atoms with van der Waals surface area (Å²) in [4.78, 5) is 26.8. The van der Waals surface area contributed by atoms with Gasteiger partial charge in [-0.15, -0.1) is 0 Å². The van der Waals surface area contributed by atoms with Crippen molar-refractivity contribution in [3.63, 3.8) is 0 Å². The summed E-state index contributed by atoms with van der Waals surface area (Å²) in [6, 6.07) is 9.88. The second-order valence-corrected chi connectivity index (χ2v) is 6.09. The molecule has 4 nitrogen and oxygen atoms in total. The Morgan fingerprint density at radius 1 is 1.36 bits per heavy atom. The van der Waals surface area contributed by atoms with Gasteiger partial charge in [-0.3, -0.25) is 9.59 Å². The van der Waals surface area contributed by atoms with E-state index in [1.54, 1.807) is 23.3 Å². The second-order valence-electron chi connectivity index (χ2n) is 5.11. The molecule has 0 spiro atoms. The highest BCUT2D eigenvalue weighted by Gasteiger charge is 2.28. The fourth-order valence-electron chi connectivity index (χ4n) is 2.41. The number of benzene rings is 1. The van der Waals surface area contributed by atoms with E-state index in [0.717, 1.165) is 17.7 Å². The minimum Gasteiger partial charge on any atom is -0.466 e. The summed E-state index contributed by atoms with van der Waals surface area (Å²) >= 11 is 1.51. The van der Waals surface area contributed by atoms with Crippen LogP contribution in [0.5, 0.6) is 0 Å². The number of thioether (sulfide) groups is 1. The van der Waals surface area contributed by atoms with E-state index in [-0.39, 0.29) is 17.8 Å². The van der Waals surface area contributed by atoms with Crippen molar-refractivity contribution >= 4 is 23.6 Å². The largest absolute Gasteiger partial charge is 0.466 e. The number of rotatable bonds is 5. The predicted octanol–water partition coefficient (Wildman–Crippen LogP) is 3.09. The number of esters is 1. The lowest BCUT2D eigenvalue weighted by Crippen LogP contribution is -2.42. The lowest BCUT2D eigenvalue weighted by molar-refractivity contribution is -0.150. The molecule has 1 amide bonds. The Labute approximate surface area is 135 Å². The maximum Gasteiger partial charge on any atom is 0.310 e. The van der Waals surface area contributed by atoms with Crippen molar-refractivity contribution in [1.29, 1.82) is 0 Å². The molecule has 1 aliphatic rings. The lowest BCUT2D eigenvalue weighted by atomic mass is 9.98. The number of piperidine rings is 1. The fourth-order valence-corrected chi connectivity index (χ4v) is 3.06. The summed E-state index contributed by atoms with van der Waals surface area (Å²) in [5.41, 5.74) is 0. The smallest absolute Gasteiger partial charge is 0.310 e. The van der Waals surface area contributed by atoms with Crippen LogP contribution in [0, 0.1) is 5.92 Å². The third-order valence-electron chi connectivity index (χ3n) is 3.51. The molecule has 1 aromatic rings. The summed E-state index contributed by atoms with van der Waals surface area (Å²) in [6.45, 7) is 3.34. The van der Waals surface area contributed by atoms with Crippen molar-refractivity contribution in [2.45, 2.75) is 24.7 Å². The van der Waals surface area contributed by atoms with E-state index in [1.165, 1.54) is 11.8 Å². The summed E-state index contributed by atoms with van der Waals surface area (Å²) in [5, 5.41) is 1.80. The third-order valence-corrected chi connectivity index (χ3v) is 4.33. The Balaban J connectivity index is 1.85. The number of ether oxygens (including phenoxy) is 1. The Bertz CT molecular complexity index is 530. The Kier molecular flexibility index (Phi) is 6.52. The standard InChI is InChI=1S/C17H21NO3S/c1-2-21-17(20)14-7-6-11-18(13-14)16(19)10-12-22-15-8-4-3-5-9-15/h3-5,8-10,12,14H,2,6-7,11,13H2,1H3/b12-10+. The molecule has 0 saturated carbocycles. The third kappa shape index (κ3) is 4.91. The van der Waals surface area contributed by atoms with E-state index in [1.807, 2.05) is 30.3 Å². The van der Waals surface area contributed by atoms with Crippen LogP contribution in [0.1, 0.15) is 19.8 Å². The molecule has 1 unspecified atom stereocenters. The van der Waals surface area contributed by atoms with Crippen LogP contribution in [0.3, 0.4) is 0 Å². The molecule has 1 saturated heterocycles. The van der Waals surface area contributed by atoms with Gasteiger partial charge in [0.1, 0.15) is 0 Å². The van der Waals surface area contributed by atoms with Gasteiger partial charge in [0.05, 0.1) is 12.5 Å². The molecule has 0 bridgehead atoms. The van der Waals surface area contributed by atoms with Crippen LogP contribution >= 0.6 is 11.8 Å². The number of carbonyl (C=O) groups excluding carboxylic acids is 2.